The van der Waals surface area contributed by atoms with Crippen LogP contribution in [0.4, 0.5) is 0 Å². The van der Waals surface area contributed by atoms with Crippen LogP contribution in [0.5, 0.6) is 5.75 Å². The standard InChI is InChI=1S/C24H18O3/c25-23-15-21(12-11-18-7-3-1-4-8-18)27-24-16-20(13-14-22(23)24)26-17-19-9-5-2-6-10-19/h1-16H,17H2. The first-order chi connectivity index (χ1) is 13.3. The zero-order valence-electron chi connectivity index (χ0n) is 14.7. The molecule has 3 heteroatoms. The Morgan fingerprint density at radius 3 is 2.33 bits per heavy atom. The second-order valence-corrected chi connectivity index (χ2v) is 6.19. The maximum absolute atomic E-state index is 12.4. The molecule has 0 aliphatic rings. The summed E-state index contributed by atoms with van der Waals surface area (Å²) in [7, 11) is 0. The van der Waals surface area contributed by atoms with E-state index < -0.39 is 0 Å². The highest BCUT2D eigenvalue weighted by atomic mass is 16.5. The average molecular weight is 354 g/mol. The number of hydrogen-bond acceptors (Lipinski definition) is 3. The smallest absolute Gasteiger partial charge is 0.193 e. The topological polar surface area (TPSA) is 39.4 Å². The zero-order chi connectivity index (χ0) is 18.5. The number of hydrogen-bond donors (Lipinski definition) is 0. The van der Waals surface area contributed by atoms with Gasteiger partial charge in [0.2, 0.25) is 0 Å². The molecular weight excluding hydrogens is 336 g/mol. The lowest BCUT2D eigenvalue weighted by molar-refractivity contribution is 0.306. The Morgan fingerprint density at radius 2 is 1.56 bits per heavy atom. The minimum atomic E-state index is -0.0708. The molecule has 0 spiro atoms. The van der Waals surface area contributed by atoms with Crippen molar-refractivity contribution in [2.75, 3.05) is 0 Å². The predicted molar refractivity (Wildman–Crippen MR) is 109 cm³/mol. The lowest BCUT2D eigenvalue weighted by Gasteiger charge is -2.07. The van der Waals surface area contributed by atoms with Crippen LogP contribution in [0.3, 0.4) is 0 Å². The minimum absolute atomic E-state index is 0.0708. The fourth-order valence-electron chi connectivity index (χ4n) is 2.81. The maximum Gasteiger partial charge on any atom is 0.193 e. The molecule has 0 N–H and O–H groups in total. The van der Waals surface area contributed by atoms with Crippen LogP contribution in [-0.2, 0) is 6.61 Å². The van der Waals surface area contributed by atoms with Crippen LogP contribution in [0, 0.1) is 0 Å². The first-order valence-corrected chi connectivity index (χ1v) is 8.76. The van der Waals surface area contributed by atoms with Gasteiger partial charge in [-0.1, -0.05) is 66.7 Å². The second kappa shape index (κ2) is 7.75. The molecule has 1 heterocycles. The second-order valence-electron chi connectivity index (χ2n) is 6.19. The molecule has 0 radical (unpaired) electrons. The van der Waals surface area contributed by atoms with Crippen molar-refractivity contribution in [3.63, 3.8) is 0 Å². The van der Waals surface area contributed by atoms with Crippen LogP contribution in [0.25, 0.3) is 23.1 Å². The van der Waals surface area contributed by atoms with Crippen molar-refractivity contribution < 1.29 is 9.15 Å². The van der Waals surface area contributed by atoms with Crippen molar-refractivity contribution >= 4 is 23.1 Å². The number of rotatable bonds is 5. The van der Waals surface area contributed by atoms with Gasteiger partial charge in [0.05, 0.1) is 5.39 Å². The first kappa shape index (κ1) is 16.9. The summed E-state index contributed by atoms with van der Waals surface area (Å²) in [6.07, 6.45) is 3.72. The molecule has 3 aromatic carbocycles. The molecule has 4 rings (SSSR count). The fraction of sp³-hybridized carbons (Fsp3) is 0.0417. The van der Waals surface area contributed by atoms with E-state index in [1.54, 1.807) is 24.3 Å². The Labute approximate surface area is 157 Å². The van der Waals surface area contributed by atoms with Gasteiger partial charge in [-0.3, -0.25) is 4.79 Å². The monoisotopic (exact) mass is 354 g/mol. The van der Waals surface area contributed by atoms with Crippen LogP contribution in [0.15, 0.2) is 94.1 Å². The molecule has 3 nitrogen and oxygen atoms in total. The summed E-state index contributed by atoms with van der Waals surface area (Å²) >= 11 is 0. The van der Waals surface area contributed by atoms with Crippen molar-refractivity contribution in [2.45, 2.75) is 6.61 Å². The summed E-state index contributed by atoms with van der Waals surface area (Å²) in [6, 6.07) is 26.6. The van der Waals surface area contributed by atoms with Gasteiger partial charge in [-0.25, -0.2) is 0 Å². The van der Waals surface area contributed by atoms with E-state index in [2.05, 4.69) is 0 Å². The normalized spacial score (nSPS) is 11.1. The predicted octanol–water partition coefficient (Wildman–Crippen LogP) is 5.54. The maximum atomic E-state index is 12.4. The lowest BCUT2D eigenvalue weighted by Crippen LogP contribution is -2.01. The molecule has 132 valence electrons. The van der Waals surface area contributed by atoms with Gasteiger partial charge in [0.1, 0.15) is 23.7 Å². The molecular formula is C24H18O3. The highest BCUT2D eigenvalue weighted by Gasteiger charge is 2.05. The van der Waals surface area contributed by atoms with Gasteiger partial charge in [0.25, 0.3) is 0 Å². The van der Waals surface area contributed by atoms with Gasteiger partial charge in [-0.05, 0) is 29.3 Å². The van der Waals surface area contributed by atoms with Crippen molar-refractivity contribution in [1.82, 2.24) is 0 Å². The van der Waals surface area contributed by atoms with Gasteiger partial charge in [0, 0.05) is 12.1 Å². The molecule has 0 amide bonds. The molecule has 0 bridgehead atoms. The van der Waals surface area contributed by atoms with Gasteiger partial charge in [-0.2, -0.15) is 0 Å². The molecule has 0 saturated carbocycles. The molecule has 4 aromatic rings. The summed E-state index contributed by atoms with van der Waals surface area (Å²) < 4.78 is 11.7. The Balaban J connectivity index is 1.60. The molecule has 0 aliphatic heterocycles. The Bertz CT molecular complexity index is 1130. The molecule has 0 saturated heterocycles. The van der Waals surface area contributed by atoms with E-state index in [9.17, 15) is 4.79 Å². The summed E-state index contributed by atoms with van der Waals surface area (Å²) in [5, 5.41) is 0.541. The van der Waals surface area contributed by atoms with Crippen molar-refractivity contribution in [3.05, 3.63) is 112 Å². The Morgan fingerprint density at radius 1 is 0.815 bits per heavy atom. The van der Waals surface area contributed by atoms with Gasteiger partial charge < -0.3 is 9.15 Å². The van der Waals surface area contributed by atoms with Crippen molar-refractivity contribution in [1.29, 1.82) is 0 Å². The summed E-state index contributed by atoms with van der Waals surface area (Å²) in [5.41, 5.74) is 2.57. The molecule has 0 atom stereocenters. The highest BCUT2D eigenvalue weighted by molar-refractivity contribution is 5.79. The third kappa shape index (κ3) is 4.15. The number of ether oxygens (including phenoxy) is 1. The molecule has 1 aromatic heterocycles. The van der Waals surface area contributed by atoms with Crippen LogP contribution in [0.2, 0.25) is 0 Å². The minimum Gasteiger partial charge on any atom is -0.489 e. The van der Waals surface area contributed by atoms with Crippen LogP contribution < -0.4 is 10.2 Å². The van der Waals surface area contributed by atoms with E-state index in [-0.39, 0.29) is 5.43 Å². The lowest BCUT2D eigenvalue weighted by atomic mass is 10.2. The zero-order valence-corrected chi connectivity index (χ0v) is 14.7. The summed E-state index contributed by atoms with van der Waals surface area (Å²) in [6.45, 7) is 0.462. The SMILES string of the molecule is O=c1cc(C=Cc2ccccc2)oc2cc(OCc3ccccc3)ccc12. The number of fused-ring (bicyclic) bond motifs is 1. The van der Waals surface area contributed by atoms with Crippen molar-refractivity contribution in [3.8, 4) is 5.75 Å². The summed E-state index contributed by atoms with van der Waals surface area (Å²) in [4.78, 5) is 12.4. The van der Waals surface area contributed by atoms with E-state index in [1.165, 1.54) is 6.07 Å². The third-order valence-electron chi connectivity index (χ3n) is 4.21. The third-order valence-corrected chi connectivity index (χ3v) is 4.21. The van der Waals surface area contributed by atoms with Gasteiger partial charge in [0.15, 0.2) is 5.43 Å². The van der Waals surface area contributed by atoms with Crippen LogP contribution in [-0.4, -0.2) is 0 Å². The fourth-order valence-corrected chi connectivity index (χ4v) is 2.81. The van der Waals surface area contributed by atoms with E-state index >= 15 is 0 Å². The largest absolute Gasteiger partial charge is 0.489 e. The van der Waals surface area contributed by atoms with Crippen LogP contribution >= 0.6 is 0 Å². The van der Waals surface area contributed by atoms with E-state index in [0.29, 0.717) is 29.1 Å². The summed E-state index contributed by atoms with van der Waals surface area (Å²) in [5.74, 6) is 1.18. The molecule has 0 aliphatic carbocycles. The van der Waals surface area contributed by atoms with E-state index in [1.807, 2.05) is 66.7 Å². The first-order valence-electron chi connectivity index (χ1n) is 8.76. The quantitative estimate of drug-likeness (QED) is 0.472. The molecule has 0 unspecified atom stereocenters. The van der Waals surface area contributed by atoms with Gasteiger partial charge in [-0.15, -0.1) is 0 Å². The van der Waals surface area contributed by atoms with Crippen LogP contribution in [0.1, 0.15) is 16.9 Å². The Kier molecular flexibility index (Phi) is 4.84. The van der Waals surface area contributed by atoms with Gasteiger partial charge >= 0.3 is 0 Å². The van der Waals surface area contributed by atoms with E-state index in [4.69, 9.17) is 9.15 Å². The Hall–Kier alpha value is -3.59. The molecule has 0 fully saturated rings. The highest BCUT2D eigenvalue weighted by Crippen LogP contribution is 2.21. The average Bonchev–Trinajstić information content (AvgIpc) is 2.72. The van der Waals surface area contributed by atoms with E-state index in [0.717, 1.165) is 11.1 Å². The number of benzene rings is 3. The molecule has 27 heavy (non-hydrogen) atoms. The van der Waals surface area contributed by atoms with Crippen molar-refractivity contribution in [2.24, 2.45) is 0 Å².